The van der Waals surface area contributed by atoms with Crippen molar-refractivity contribution in [2.75, 3.05) is 7.11 Å². The molecule has 1 heterocycles. The molecule has 0 saturated heterocycles. The summed E-state index contributed by atoms with van der Waals surface area (Å²) in [6, 6.07) is 8.15. The van der Waals surface area contributed by atoms with Crippen LogP contribution in [0.15, 0.2) is 42.7 Å². The average Bonchev–Trinajstić information content (AvgIpc) is 3.04. The third-order valence-corrected chi connectivity index (χ3v) is 2.92. The Hall–Kier alpha value is -2.70. The van der Waals surface area contributed by atoms with Crippen molar-refractivity contribution in [3.8, 4) is 0 Å². The molecule has 1 aromatic carbocycles. The van der Waals surface area contributed by atoms with Crippen molar-refractivity contribution in [3.63, 3.8) is 0 Å². The largest absolute Gasteiger partial charge is 0.467 e. The number of carbonyl (C=O) groups excluding carboxylic acids is 2. The van der Waals surface area contributed by atoms with Gasteiger partial charge in [-0.05, 0) is 5.56 Å². The highest BCUT2D eigenvalue weighted by Gasteiger charge is 2.23. The molecule has 0 aliphatic carbocycles. The van der Waals surface area contributed by atoms with E-state index in [0.29, 0.717) is 12.1 Å². The van der Waals surface area contributed by atoms with Crippen LogP contribution >= 0.6 is 0 Å². The van der Waals surface area contributed by atoms with Gasteiger partial charge in [0.05, 0.1) is 19.9 Å². The van der Waals surface area contributed by atoms with Crippen molar-refractivity contribution < 1.29 is 14.3 Å². The van der Waals surface area contributed by atoms with Crippen LogP contribution in [0.1, 0.15) is 18.0 Å². The molecule has 0 radical (unpaired) electrons. The molecule has 7 heteroatoms. The van der Waals surface area contributed by atoms with Gasteiger partial charge in [0.1, 0.15) is 0 Å². The summed E-state index contributed by atoms with van der Waals surface area (Å²) < 4.78 is 6.29. The summed E-state index contributed by atoms with van der Waals surface area (Å²) >= 11 is 0. The monoisotopic (exact) mass is 288 g/mol. The van der Waals surface area contributed by atoms with Gasteiger partial charge < -0.3 is 10.1 Å². The van der Waals surface area contributed by atoms with Crippen molar-refractivity contribution in [2.24, 2.45) is 0 Å². The van der Waals surface area contributed by atoms with E-state index in [1.165, 1.54) is 7.11 Å². The minimum absolute atomic E-state index is 0.198. The van der Waals surface area contributed by atoms with E-state index in [0.717, 1.165) is 0 Å². The first-order valence-electron chi connectivity index (χ1n) is 6.47. The number of benzene rings is 1. The van der Waals surface area contributed by atoms with E-state index >= 15 is 0 Å². The van der Waals surface area contributed by atoms with Gasteiger partial charge >= 0.3 is 5.97 Å². The second-order valence-electron chi connectivity index (χ2n) is 4.35. The van der Waals surface area contributed by atoms with E-state index in [-0.39, 0.29) is 12.3 Å². The van der Waals surface area contributed by atoms with Crippen LogP contribution in [-0.2, 0) is 20.9 Å². The van der Waals surface area contributed by atoms with Crippen LogP contribution in [0.25, 0.3) is 0 Å². The number of aryl methyl sites for hydroxylation is 1. The summed E-state index contributed by atoms with van der Waals surface area (Å²) in [6.45, 7) is 0.397. The van der Waals surface area contributed by atoms with Gasteiger partial charge in [0, 0.05) is 12.6 Å². The topological polar surface area (TPSA) is 86.1 Å². The Kier molecular flexibility index (Phi) is 5.03. The van der Waals surface area contributed by atoms with Crippen LogP contribution in [0, 0.1) is 0 Å². The van der Waals surface area contributed by atoms with Gasteiger partial charge in [-0.15, -0.1) is 5.10 Å². The van der Waals surface area contributed by atoms with E-state index in [4.69, 9.17) is 4.74 Å². The highest BCUT2D eigenvalue weighted by atomic mass is 16.5. The number of hydrogen-bond acceptors (Lipinski definition) is 5. The fourth-order valence-electron chi connectivity index (χ4n) is 1.84. The van der Waals surface area contributed by atoms with Crippen molar-refractivity contribution >= 4 is 11.9 Å². The molecule has 0 spiro atoms. The highest BCUT2D eigenvalue weighted by molar-refractivity contribution is 5.85. The maximum absolute atomic E-state index is 12.0. The molecule has 0 fully saturated rings. The molecule has 0 saturated carbocycles. The Morgan fingerprint density at radius 1 is 1.33 bits per heavy atom. The molecule has 0 aliphatic rings. The Balaban J connectivity index is 1.98. The number of rotatable bonds is 6. The maximum atomic E-state index is 12.0. The standard InChI is InChI=1S/C14H16N4O3/c1-21-14(20)13(11-5-3-2-4-6-11)16-12(19)7-9-18-10-8-15-17-18/h2-6,8,10,13H,7,9H2,1H3,(H,16,19). The SMILES string of the molecule is COC(=O)C(NC(=O)CCn1ccnn1)c1ccccc1. The summed E-state index contributed by atoms with van der Waals surface area (Å²) in [4.78, 5) is 23.8. The number of esters is 1. The van der Waals surface area contributed by atoms with Crippen LogP contribution in [0.4, 0.5) is 0 Å². The van der Waals surface area contributed by atoms with E-state index in [1.807, 2.05) is 6.07 Å². The number of aromatic nitrogens is 3. The summed E-state index contributed by atoms with van der Waals surface area (Å²) in [6.07, 6.45) is 3.41. The Bertz CT molecular complexity index is 584. The lowest BCUT2D eigenvalue weighted by molar-refractivity contribution is -0.145. The third kappa shape index (κ3) is 4.13. The van der Waals surface area contributed by atoms with E-state index < -0.39 is 12.0 Å². The molecule has 1 N–H and O–H groups in total. The van der Waals surface area contributed by atoms with Crippen LogP contribution in [-0.4, -0.2) is 34.0 Å². The molecule has 2 rings (SSSR count). The lowest BCUT2D eigenvalue weighted by atomic mass is 10.1. The third-order valence-electron chi connectivity index (χ3n) is 2.92. The van der Waals surface area contributed by atoms with Crippen molar-refractivity contribution in [3.05, 3.63) is 48.3 Å². The van der Waals surface area contributed by atoms with Crippen LogP contribution in [0.2, 0.25) is 0 Å². The van der Waals surface area contributed by atoms with Gasteiger partial charge in [-0.1, -0.05) is 35.5 Å². The Morgan fingerprint density at radius 3 is 2.71 bits per heavy atom. The molecule has 1 atom stereocenters. The van der Waals surface area contributed by atoms with Gasteiger partial charge in [0.15, 0.2) is 6.04 Å². The molecule has 2 aromatic rings. The van der Waals surface area contributed by atoms with Gasteiger partial charge in [-0.2, -0.15) is 0 Å². The van der Waals surface area contributed by atoms with Gasteiger partial charge in [-0.25, -0.2) is 4.79 Å². The number of nitrogens with one attached hydrogen (secondary N) is 1. The van der Waals surface area contributed by atoms with E-state index in [1.54, 1.807) is 41.3 Å². The second kappa shape index (κ2) is 7.18. The Morgan fingerprint density at radius 2 is 2.10 bits per heavy atom. The zero-order valence-corrected chi connectivity index (χ0v) is 11.6. The quantitative estimate of drug-likeness (QED) is 0.791. The molecule has 110 valence electrons. The summed E-state index contributed by atoms with van der Waals surface area (Å²) in [5.74, 6) is -0.764. The van der Waals surface area contributed by atoms with E-state index in [2.05, 4.69) is 15.6 Å². The first-order chi connectivity index (χ1) is 10.2. The lowest BCUT2D eigenvalue weighted by Crippen LogP contribution is -2.35. The first-order valence-corrected chi connectivity index (χ1v) is 6.47. The number of amides is 1. The average molecular weight is 288 g/mol. The molecule has 21 heavy (non-hydrogen) atoms. The number of hydrogen-bond donors (Lipinski definition) is 1. The predicted molar refractivity (Wildman–Crippen MR) is 74.0 cm³/mol. The normalized spacial score (nSPS) is 11.7. The smallest absolute Gasteiger partial charge is 0.333 e. The van der Waals surface area contributed by atoms with Crippen LogP contribution < -0.4 is 5.32 Å². The zero-order valence-electron chi connectivity index (χ0n) is 11.6. The molecular formula is C14H16N4O3. The van der Waals surface area contributed by atoms with Crippen LogP contribution in [0.5, 0.6) is 0 Å². The van der Waals surface area contributed by atoms with Crippen molar-refractivity contribution in [2.45, 2.75) is 19.0 Å². The number of ether oxygens (including phenoxy) is 1. The molecule has 0 aliphatic heterocycles. The summed E-state index contributed by atoms with van der Waals surface area (Å²) in [7, 11) is 1.29. The summed E-state index contributed by atoms with van der Waals surface area (Å²) in [5.41, 5.74) is 0.679. The van der Waals surface area contributed by atoms with Crippen LogP contribution in [0.3, 0.4) is 0 Å². The molecule has 1 amide bonds. The predicted octanol–water partition coefficient (Wildman–Crippen LogP) is 0.699. The van der Waals surface area contributed by atoms with Crippen molar-refractivity contribution in [1.29, 1.82) is 0 Å². The zero-order chi connectivity index (χ0) is 15.1. The van der Waals surface area contributed by atoms with Gasteiger partial charge in [-0.3, -0.25) is 9.48 Å². The van der Waals surface area contributed by atoms with Gasteiger partial charge in [0.25, 0.3) is 0 Å². The molecule has 1 unspecified atom stereocenters. The Labute approximate surface area is 121 Å². The fourth-order valence-corrected chi connectivity index (χ4v) is 1.84. The molecule has 0 bridgehead atoms. The lowest BCUT2D eigenvalue weighted by Gasteiger charge is -2.16. The molecule has 1 aromatic heterocycles. The minimum Gasteiger partial charge on any atom is -0.467 e. The first kappa shape index (κ1) is 14.7. The number of methoxy groups -OCH3 is 1. The maximum Gasteiger partial charge on any atom is 0.333 e. The number of nitrogens with zero attached hydrogens (tertiary/aromatic N) is 3. The second-order valence-corrected chi connectivity index (χ2v) is 4.35. The highest BCUT2D eigenvalue weighted by Crippen LogP contribution is 2.14. The van der Waals surface area contributed by atoms with Gasteiger partial charge in [0.2, 0.25) is 5.91 Å². The summed E-state index contributed by atoms with van der Waals surface area (Å²) in [5, 5.41) is 10.1. The fraction of sp³-hybridized carbons (Fsp3) is 0.286. The number of carbonyl (C=O) groups is 2. The minimum atomic E-state index is -0.806. The molecular weight excluding hydrogens is 272 g/mol. The van der Waals surface area contributed by atoms with E-state index in [9.17, 15) is 9.59 Å². The van der Waals surface area contributed by atoms with Crippen molar-refractivity contribution in [1.82, 2.24) is 20.3 Å². The molecule has 7 nitrogen and oxygen atoms in total.